The second kappa shape index (κ2) is 6.89. The zero-order chi connectivity index (χ0) is 17.1. The number of hydrogen-bond acceptors (Lipinski definition) is 2. The molecule has 0 fully saturated rings. The van der Waals surface area contributed by atoms with Gasteiger partial charge in [0.1, 0.15) is 5.69 Å². The van der Waals surface area contributed by atoms with Crippen molar-refractivity contribution in [3.05, 3.63) is 76.9 Å². The van der Waals surface area contributed by atoms with Crippen LogP contribution in [0.15, 0.2) is 60.7 Å². The predicted octanol–water partition coefficient (Wildman–Crippen LogP) is 4.01. The van der Waals surface area contributed by atoms with Crippen LogP contribution >= 0.6 is 11.6 Å². The smallest absolute Gasteiger partial charge is 0.272 e. The molecule has 0 N–H and O–H groups in total. The largest absolute Gasteiger partial charge is 0.336 e. The van der Waals surface area contributed by atoms with Gasteiger partial charge in [0.2, 0.25) is 0 Å². The van der Waals surface area contributed by atoms with E-state index >= 15 is 0 Å². The Morgan fingerprint density at radius 1 is 1.12 bits per heavy atom. The standard InChI is InChI=1S/C19H18ClN3O/c1-22(13-14-7-4-3-5-8-14)19(24)18-12-17(21-23(18)2)15-9-6-10-16(20)11-15/h3-12H,13H2,1-2H3. The Bertz CT molecular complexity index is 858. The summed E-state index contributed by atoms with van der Waals surface area (Å²) in [5, 5.41) is 5.09. The summed E-state index contributed by atoms with van der Waals surface area (Å²) in [6.07, 6.45) is 0. The van der Waals surface area contributed by atoms with Gasteiger partial charge < -0.3 is 4.90 Å². The zero-order valence-electron chi connectivity index (χ0n) is 13.6. The Hall–Kier alpha value is -2.59. The maximum Gasteiger partial charge on any atom is 0.272 e. The number of benzene rings is 2. The first-order chi connectivity index (χ1) is 11.5. The third kappa shape index (κ3) is 3.49. The zero-order valence-corrected chi connectivity index (χ0v) is 14.4. The lowest BCUT2D eigenvalue weighted by Gasteiger charge is -2.17. The van der Waals surface area contributed by atoms with Gasteiger partial charge in [0, 0.05) is 31.2 Å². The number of aromatic nitrogens is 2. The van der Waals surface area contributed by atoms with Gasteiger partial charge in [0.25, 0.3) is 5.91 Å². The fourth-order valence-electron chi connectivity index (χ4n) is 2.58. The van der Waals surface area contributed by atoms with Crippen LogP contribution in [0.2, 0.25) is 5.02 Å². The van der Waals surface area contributed by atoms with Gasteiger partial charge in [-0.1, -0.05) is 54.1 Å². The van der Waals surface area contributed by atoms with Gasteiger partial charge >= 0.3 is 0 Å². The summed E-state index contributed by atoms with van der Waals surface area (Å²) in [4.78, 5) is 14.4. The van der Waals surface area contributed by atoms with Crippen molar-refractivity contribution < 1.29 is 4.79 Å². The van der Waals surface area contributed by atoms with E-state index in [1.165, 1.54) is 0 Å². The van der Waals surface area contributed by atoms with Gasteiger partial charge in [-0.25, -0.2) is 0 Å². The van der Waals surface area contributed by atoms with Crippen LogP contribution in [-0.2, 0) is 13.6 Å². The molecule has 4 nitrogen and oxygen atoms in total. The Labute approximate surface area is 146 Å². The molecule has 1 aromatic heterocycles. The van der Waals surface area contributed by atoms with Gasteiger partial charge in [-0.2, -0.15) is 5.10 Å². The molecule has 0 aliphatic heterocycles. The molecule has 5 heteroatoms. The minimum absolute atomic E-state index is 0.0675. The van der Waals surface area contributed by atoms with Crippen LogP contribution in [-0.4, -0.2) is 27.6 Å². The van der Waals surface area contributed by atoms with Gasteiger partial charge in [0.15, 0.2) is 0 Å². The molecule has 0 unspecified atom stereocenters. The van der Waals surface area contributed by atoms with Crippen molar-refractivity contribution in [2.24, 2.45) is 7.05 Å². The quantitative estimate of drug-likeness (QED) is 0.720. The maximum absolute atomic E-state index is 12.7. The Balaban J connectivity index is 1.83. The number of rotatable bonds is 4. The van der Waals surface area contributed by atoms with Gasteiger partial charge in [-0.15, -0.1) is 0 Å². The van der Waals surface area contributed by atoms with E-state index < -0.39 is 0 Å². The van der Waals surface area contributed by atoms with Crippen molar-refractivity contribution in [1.82, 2.24) is 14.7 Å². The fourth-order valence-corrected chi connectivity index (χ4v) is 2.77. The van der Waals surface area contributed by atoms with E-state index in [0.29, 0.717) is 17.3 Å². The van der Waals surface area contributed by atoms with E-state index in [0.717, 1.165) is 16.8 Å². The third-order valence-electron chi connectivity index (χ3n) is 3.83. The number of carbonyl (C=O) groups is 1. The molecule has 0 bridgehead atoms. The van der Waals surface area contributed by atoms with E-state index in [-0.39, 0.29) is 5.91 Å². The average Bonchev–Trinajstić information content (AvgIpc) is 2.97. The molecule has 1 amide bonds. The van der Waals surface area contributed by atoms with Crippen LogP contribution in [0.5, 0.6) is 0 Å². The van der Waals surface area contributed by atoms with Crippen molar-refractivity contribution in [2.75, 3.05) is 7.05 Å². The Morgan fingerprint density at radius 3 is 2.58 bits per heavy atom. The van der Waals surface area contributed by atoms with Crippen LogP contribution in [0, 0.1) is 0 Å². The highest BCUT2D eigenvalue weighted by atomic mass is 35.5. The Kier molecular flexibility index (Phi) is 4.67. The van der Waals surface area contributed by atoms with Crippen LogP contribution in [0.3, 0.4) is 0 Å². The predicted molar refractivity (Wildman–Crippen MR) is 95.9 cm³/mol. The minimum atomic E-state index is -0.0675. The second-order valence-corrected chi connectivity index (χ2v) is 6.13. The molecule has 122 valence electrons. The molecule has 3 rings (SSSR count). The number of carbonyl (C=O) groups excluding carboxylic acids is 1. The summed E-state index contributed by atoms with van der Waals surface area (Å²) in [6, 6.07) is 19.2. The molecule has 0 radical (unpaired) electrons. The summed E-state index contributed by atoms with van der Waals surface area (Å²) in [5.41, 5.74) is 3.26. The molecule has 24 heavy (non-hydrogen) atoms. The van der Waals surface area contributed by atoms with Gasteiger partial charge in [-0.3, -0.25) is 9.48 Å². The number of nitrogens with zero attached hydrogens (tertiary/aromatic N) is 3. The van der Waals surface area contributed by atoms with Crippen molar-refractivity contribution in [3.63, 3.8) is 0 Å². The van der Waals surface area contributed by atoms with Crippen molar-refractivity contribution in [1.29, 1.82) is 0 Å². The Morgan fingerprint density at radius 2 is 1.88 bits per heavy atom. The minimum Gasteiger partial charge on any atom is -0.336 e. The molecule has 1 heterocycles. The lowest BCUT2D eigenvalue weighted by atomic mass is 10.1. The highest BCUT2D eigenvalue weighted by Gasteiger charge is 2.18. The first-order valence-corrected chi connectivity index (χ1v) is 8.02. The van der Waals surface area contributed by atoms with Crippen molar-refractivity contribution in [2.45, 2.75) is 6.54 Å². The molecule has 0 spiro atoms. The van der Waals surface area contributed by atoms with Crippen LogP contribution in [0.4, 0.5) is 0 Å². The van der Waals surface area contributed by atoms with E-state index in [9.17, 15) is 4.79 Å². The van der Waals surface area contributed by atoms with Gasteiger partial charge in [-0.05, 0) is 23.8 Å². The molecule has 0 saturated heterocycles. The summed E-state index contributed by atoms with van der Waals surface area (Å²) < 4.78 is 1.61. The summed E-state index contributed by atoms with van der Waals surface area (Å²) in [5.74, 6) is -0.0675. The fraction of sp³-hybridized carbons (Fsp3) is 0.158. The summed E-state index contributed by atoms with van der Waals surface area (Å²) in [6.45, 7) is 0.553. The monoisotopic (exact) mass is 339 g/mol. The summed E-state index contributed by atoms with van der Waals surface area (Å²) >= 11 is 6.03. The highest BCUT2D eigenvalue weighted by molar-refractivity contribution is 6.30. The second-order valence-electron chi connectivity index (χ2n) is 5.70. The first kappa shape index (κ1) is 16.3. The van der Waals surface area contributed by atoms with Gasteiger partial charge in [0.05, 0.1) is 5.69 Å². The lowest BCUT2D eigenvalue weighted by molar-refractivity contribution is 0.0774. The number of amides is 1. The number of halogens is 1. The topological polar surface area (TPSA) is 38.1 Å². The van der Waals surface area contributed by atoms with Crippen molar-refractivity contribution in [3.8, 4) is 11.3 Å². The van der Waals surface area contributed by atoms with Crippen molar-refractivity contribution >= 4 is 17.5 Å². The lowest BCUT2D eigenvalue weighted by Crippen LogP contribution is -2.28. The normalized spacial score (nSPS) is 10.6. The van der Waals surface area contributed by atoms with Crippen LogP contribution in [0.1, 0.15) is 16.1 Å². The highest BCUT2D eigenvalue weighted by Crippen LogP contribution is 2.22. The molecular formula is C19H18ClN3O. The third-order valence-corrected chi connectivity index (χ3v) is 4.06. The molecule has 0 saturated carbocycles. The average molecular weight is 340 g/mol. The van der Waals surface area contributed by atoms with E-state index in [1.54, 1.807) is 29.7 Å². The number of hydrogen-bond donors (Lipinski definition) is 0. The molecular weight excluding hydrogens is 322 g/mol. The molecule has 2 aromatic carbocycles. The molecule has 3 aromatic rings. The van der Waals surface area contributed by atoms with E-state index in [1.807, 2.05) is 54.6 Å². The SMILES string of the molecule is CN(Cc1ccccc1)C(=O)c1cc(-c2cccc(Cl)c2)nn1C. The summed E-state index contributed by atoms with van der Waals surface area (Å²) in [7, 11) is 3.57. The molecule has 0 atom stereocenters. The molecule has 0 aliphatic rings. The van der Waals surface area contributed by atoms with E-state index in [2.05, 4.69) is 5.10 Å². The molecule has 0 aliphatic carbocycles. The van der Waals surface area contributed by atoms with Crippen LogP contribution < -0.4 is 0 Å². The maximum atomic E-state index is 12.7. The number of aryl methyl sites for hydroxylation is 1. The first-order valence-electron chi connectivity index (χ1n) is 7.64. The van der Waals surface area contributed by atoms with Crippen LogP contribution in [0.25, 0.3) is 11.3 Å². The van der Waals surface area contributed by atoms with E-state index in [4.69, 9.17) is 11.6 Å².